The van der Waals surface area contributed by atoms with Gasteiger partial charge in [0.2, 0.25) is 5.91 Å². The number of para-hydroxylation sites is 1. The number of benzene rings is 2. The summed E-state index contributed by atoms with van der Waals surface area (Å²) in [4.78, 5) is 23.3. The highest BCUT2D eigenvalue weighted by Gasteiger charge is 2.30. The van der Waals surface area contributed by atoms with E-state index in [-0.39, 0.29) is 16.5 Å². The number of fused-ring (bicyclic) bond motifs is 1. The van der Waals surface area contributed by atoms with Crippen molar-refractivity contribution in [3.8, 4) is 0 Å². The van der Waals surface area contributed by atoms with Gasteiger partial charge in [-0.15, -0.1) is 0 Å². The van der Waals surface area contributed by atoms with Crippen LogP contribution < -0.4 is 16.4 Å². The van der Waals surface area contributed by atoms with Gasteiger partial charge in [0.05, 0.1) is 10.6 Å². The third-order valence-corrected chi connectivity index (χ3v) is 3.66. The summed E-state index contributed by atoms with van der Waals surface area (Å²) < 4.78 is 0. The van der Waals surface area contributed by atoms with Crippen LogP contribution in [0.1, 0.15) is 22.0 Å². The molecule has 1 unspecified atom stereocenters. The lowest BCUT2D eigenvalue weighted by molar-refractivity contribution is -0.116. The highest BCUT2D eigenvalue weighted by Crippen LogP contribution is 2.33. The Hall–Kier alpha value is -2.53. The fourth-order valence-electron chi connectivity index (χ4n) is 2.32. The predicted molar refractivity (Wildman–Crippen MR) is 81.4 cm³/mol. The van der Waals surface area contributed by atoms with Crippen molar-refractivity contribution in [3.63, 3.8) is 0 Å². The molecule has 0 fully saturated rings. The van der Waals surface area contributed by atoms with E-state index < -0.39 is 11.9 Å². The molecule has 4 N–H and O–H groups in total. The number of nitrogens with one attached hydrogen (secondary N) is 2. The number of primary amides is 1. The molecular formula is C15H12ClN3O2. The highest BCUT2D eigenvalue weighted by atomic mass is 35.5. The lowest BCUT2D eigenvalue weighted by Crippen LogP contribution is -2.20. The molecule has 1 aliphatic rings. The zero-order valence-corrected chi connectivity index (χ0v) is 11.6. The maximum atomic E-state index is 12.0. The first-order chi connectivity index (χ1) is 10.1. The van der Waals surface area contributed by atoms with Crippen molar-refractivity contribution in [2.75, 3.05) is 10.6 Å². The fourth-order valence-corrected chi connectivity index (χ4v) is 2.53. The summed E-state index contributed by atoms with van der Waals surface area (Å²) in [5.74, 6) is -0.758. The van der Waals surface area contributed by atoms with Crippen molar-refractivity contribution < 1.29 is 9.59 Å². The van der Waals surface area contributed by atoms with Gasteiger partial charge in [-0.3, -0.25) is 9.59 Å². The summed E-state index contributed by atoms with van der Waals surface area (Å²) in [5, 5.41) is 6.17. The second-order valence-electron chi connectivity index (χ2n) is 4.71. The molecule has 3 rings (SSSR count). The molecular weight excluding hydrogens is 290 g/mol. The number of amides is 2. The van der Waals surface area contributed by atoms with Crippen LogP contribution in [-0.4, -0.2) is 11.8 Å². The predicted octanol–water partition coefficient (Wildman–Crippen LogP) is 2.54. The molecule has 0 radical (unpaired) electrons. The summed E-state index contributed by atoms with van der Waals surface area (Å²) in [6.45, 7) is 0. The van der Waals surface area contributed by atoms with Gasteiger partial charge in [0.25, 0.3) is 5.91 Å². The van der Waals surface area contributed by atoms with Crippen molar-refractivity contribution >= 4 is 34.8 Å². The van der Waals surface area contributed by atoms with Crippen LogP contribution in [0.2, 0.25) is 5.02 Å². The quantitative estimate of drug-likeness (QED) is 0.814. The first-order valence-corrected chi connectivity index (χ1v) is 6.70. The van der Waals surface area contributed by atoms with Crippen molar-refractivity contribution in [1.29, 1.82) is 0 Å². The molecule has 1 heterocycles. The van der Waals surface area contributed by atoms with Crippen molar-refractivity contribution in [2.24, 2.45) is 5.73 Å². The zero-order valence-electron chi connectivity index (χ0n) is 10.9. The molecule has 0 spiro atoms. The third-order valence-electron chi connectivity index (χ3n) is 3.33. The van der Waals surface area contributed by atoms with Crippen LogP contribution in [0.5, 0.6) is 0 Å². The monoisotopic (exact) mass is 301 g/mol. The molecule has 0 bridgehead atoms. The van der Waals surface area contributed by atoms with Crippen molar-refractivity contribution in [2.45, 2.75) is 6.04 Å². The van der Waals surface area contributed by atoms with E-state index in [1.165, 1.54) is 0 Å². The van der Waals surface area contributed by atoms with Crippen LogP contribution in [0.15, 0.2) is 42.5 Å². The van der Waals surface area contributed by atoms with Crippen LogP contribution >= 0.6 is 11.6 Å². The molecule has 6 heteroatoms. The maximum absolute atomic E-state index is 12.0. The normalized spacial score (nSPS) is 16.2. The van der Waals surface area contributed by atoms with Gasteiger partial charge in [0.15, 0.2) is 0 Å². The number of carbonyl (C=O) groups is 2. The molecule has 5 nitrogen and oxygen atoms in total. The van der Waals surface area contributed by atoms with Crippen LogP contribution in [0.25, 0.3) is 0 Å². The van der Waals surface area contributed by atoms with Gasteiger partial charge in [0.1, 0.15) is 6.04 Å². The number of hydrogen-bond acceptors (Lipinski definition) is 3. The second-order valence-corrected chi connectivity index (χ2v) is 5.12. The van der Waals surface area contributed by atoms with Crippen molar-refractivity contribution in [3.05, 3.63) is 58.6 Å². The summed E-state index contributed by atoms with van der Waals surface area (Å²) in [6, 6.07) is 11.7. The number of carbonyl (C=O) groups excluding carboxylic acids is 2. The molecule has 0 aromatic heterocycles. The van der Waals surface area contributed by atoms with Gasteiger partial charge in [0, 0.05) is 16.9 Å². The average molecular weight is 302 g/mol. The van der Waals surface area contributed by atoms with E-state index in [0.29, 0.717) is 5.69 Å². The molecule has 1 atom stereocenters. The number of rotatable bonds is 3. The van der Waals surface area contributed by atoms with Crippen LogP contribution in [-0.2, 0) is 4.79 Å². The Kier molecular flexibility index (Phi) is 3.27. The minimum atomic E-state index is -0.611. The largest absolute Gasteiger partial charge is 0.370 e. The van der Waals surface area contributed by atoms with Gasteiger partial charge in [-0.2, -0.15) is 0 Å². The van der Waals surface area contributed by atoms with Gasteiger partial charge in [-0.25, -0.2) is 0 Å². The van der Waals surface area contributed by atoms with E-state index in [4.69, 9.17) is 17.3 Å². The van der Waals surface area contributed by atoms with E-state index in [1.807, 2.05) is 24.3 Å². The second kappa shape index (κ2) is 5.10. The average Bonchev–Trinajstić information content (AvgIpc) is 2.77. The first-order valence-electron chi connectivity index (χ1n) is 6.32. The number of nitrogens with two attached hydrogens (primary N) is 1. The minimum absolute atomic E-state index is 0.147. The van der Waals surface area contributed by atoms with E-state index in [9.17, 15) is 9.59 Å². The lowest BCUT2D eigenvalue weighted by atomic mass is 10.1. The van der Waals surface area contributed by atoms with Gasteiger partial charge < -0.3 is 16.4 Å². The molecule has 106 valence electrons. The third kappa shape index (κ3) is 2.43. The standard InChI is InChI=1S/C15H12ClN3O2/c16-11-6-5-8(7-10(11)14(17)20)18-13-9-3-1-2-4-12(9)19-15(13)21/h1-7,13,18H,(H2,17,20)(H,19,21). The maximum Gasteiger partial charge on any atom is 0.251 e. The van der Waals surface area contributed by atoms with Crippen LogP contribution in [0, 0.1) is 0 Å². The minimum Gasteiger partial charge on any atom is -0.370 e. The SMILES string of the molecule is NC(=O)c1cc(NC2C(=O)Nc3ccccc32)ccc1Cl. The fraction of sp³-hybridized carbons (Fsp3) is 0.0667. The Morgan fingerprint density at radius 2 is 2.00 bits per heavy atom. The Balaban J connectivity index is 1.92. The topological polar surface area (TPSA) is 84.2 Å². The van der Waals surface area contributed by atoms with E-state index >= 15 is 0 Å². The summed E-state index contributed by atoms with van der Waals surface area (Å²) >= 11 is 5.91. The number of halogens is 1. The van der Waals surface area contributed by atoms with Crippen LogP contribution in [0.3, 0.4) is 0 Å². The molecule has 0 saturated carbocycles. The molecule has 21 heavy (non-hydrogen) atoms. The molecule has 2 amide bonds. The van der Waals surface area contributed by atoms with Gasteiger partial charge in [-0.05, 0) is 24.3 Å². The Bertz CT molecular complexity index is 745. The first kappa shape index (κ1) is 13.5. The Morgan fingerprint density at radius 3 is 2.76 bits per heavy atom. The van der Waals surface area contributed by atoms with E-state index in [1.54, 1.807) is 18.2 Å². The molecule has 0 aliphatic carbocycles. The van der Waals surface area contributed by atoms with Gasteiger partial charge >= 0.3 is 0 Å². The van der Waals surface area contributed by atoms with E-state index in [2.05, 4.69) is 10.6 Å². The zero-order chi connectivity index (χ0) is 15.0. The number of anilines is 2. The molecule has 2 aromatic carbocycles. The molecule has 0 saturated heterocycles. The molecule has 1 aliphatic heterocycles. The van der Waals surface area contributed by atoms with Crippen molar-refractivity contribution in [1.82, 2.24) is 0 Å². The summed E-state index contributed by atoms with van der Waals surface area (Å²) in [6.07, 6.45) is 0. The molecule has 2 aromatic rings. The van der Waals surface area contributed by atoms with Crippen LogP contribution in [0.4, 0.5) is 11.4 Å². The summed E-state index contributed by atoms with van der Waals surface area (Å²) in [5.41, 5.74) is 7.72. The van der Waals surface area contributed by atoms with E-state index in [0.717, 1.165) is 11.3 Å². The lowest BCUT2D eigenvalue weighted by Gasteiger charge is -2.14. The Labute approximate surface area is 126 Å². The summed E-state index contributed by atoms with van der Waals surface area (Å²) in [7, 11) is 0. The Morgan fingerprint density at radius 1 is 1.24 bits per heavy atom. The number of hydrogen-bond donors (Lipinski definition) is 3. The smallest absolute Gasteiger partial charge is 0.251 e. The van der Waals surface area contributed by atoms with Gasteiger partial charge in [-0.1, -0.05) is 29.8 Å². The highest BCUT2D eigenvalue weighted by molar-refractivity contribution is 6.33.